The molecule has 1 aliphatic heterocycles. The molecule has 0 saturated carbocycles. The van der Waals surface area contributed by atoms with Crippen LogP contribution in [0, 0.1) is 0 Å². The smallest absolute Gasteiger partial charge is 0.160 e. The zero-order valence-corrected chi connectivity index (χ0v) is 35.4. The van der Waals surface area contributed by atoms with Gasteiger partial charge in [-0.15, -0.1) is 0 Å². The third kappa shape index (κ3) is 7.06. The van der Waals surface area contributed by atoms with Crippen LogP contribution < -0.4 is 4.74 Å². The molecule has 304 valence electrons. The Hall–Kier alpha value is -8.66. The summed E-state index contributed by atoms with van der Waals surface area (Å²) in [5.74, 6) is 2.43. The second kappa shape index (κ2) is 16.2. The third-order valence-corrected chi connectivity index (χ3v) is 12.5. The van der Waals surface area contributed by atoms with E-state index in [1.807, 2.05) is 24.3 Å². The number of benzene rings is 10. The highest BCUT2D eigenvalue weighted by Gasteiger charge is 2.26. The van der Waals surface area contributed by atoms with E-state index in [9.17, 15) is 0 Å². The molecule has 1 aliphatic rings. The number of hydrogen-bond acceptors (Lipinski definition) is 3. The maximum Gasteiger partial charge on any atom is 0.160 e. The monoisotopic (exact) mass is 828 g/mol. The minimum Gasteiger partial charge on any atom is -0.455 e. The molecule has 12 rings (SSSR count). The fraction of sp³-hybridized carbons (Fsp3) is 0. The molecule has 0 bridgehead atoms. The summed E-state index contributed by atoms with van der Waals surface area (Å²) in [6, 6.07) is 85.8. The van der Waals surface area contributed by atoms with Gasteiger partial charge in [0.1, 0.15) is 11.5 Å². The molecule has 2 heterocycles. The number of nitrogens with zero attached hydrogens (tertiary/aromatic N) is 2. The highest BCUT2D eigenvalue weighted by atomic mass is 16.5. The van der Waals surface area contributed by atoms with Crippen molar-refractivity contribution in [3.05, 3.63) is 243 Å². The standard InChI is InChI=1S/C62H40N2O/c1-5-16-41(17-6-1)43-30-34-45(35-31-43)56-40-57(64-62(63-56)49-22-11-4-12-23-49)46-36-32-44(33-37-46)54-38-50(42-18-7-2-8-19-42)39-55(59(54)47-20-9-3-10-21-47)53-28-15-27-52-51-26-13-24-48-25-14-29-58(60(48)51)65-61(52)53/h1-40H. The number of fused-ring (bicyclic) bond motifs is 2. The predicted molar refractivity (Wildman–Crippen MR) is 269 cm³/mol. The Morgan fingerprint density at radius 3 is 1.34 bits per heavy atom. The molecule has 3 heteroatoms. The Kier molecular flexibility index (Phi) is 9.50. The minimum atomic E-state index is 0.688. The summed E-state index contributed by atoms with van der Waals surface area (Å²) in [5.41, 5.74) is 18.3. The summed E-state index contributed by atoms with van der Waals surface area (Å²) in [5, 5.41) is 2.32. The van der Waals surface area contributed by atoms with Crippen LogP contribution in [0.1, 0.15) is 0 Å². The molecule has 11 aromatic rings. The van der Waals surface area contributed by atoms with Crippen LogP contribution in [0.5, 0.6) is 11.5 Å². The van der Waals surface area contributed by atoms with Gasteiger partial charge in [-0.25, -0.2) is 9.97 Å². The molecule has 0 atom stereocenters. The van der Waals surface area contributed by atoms with Crippen molar-refractivity contribution < 1.29 is 4.74 Å². The van der Waals surface area contributed by atoms with Gasteiger partial charge in [-0.1, -0.05) is 218 Å². The van der Waals surface area contributed by atoms with Crippen LogP contribution in [0.15, 0.2) is 243 Å². The zero-order valence-electron chi connectivity index (χ0n) is 35.4. The Bertz CT molecular complexity index is 3510. The van der Waals surface area contributed by atoms with E-state index in [0.29, 0.717) is 5.82 Å². The Morgan fingerprint density at radius 1 is 0.277 bits per heavy atom. The average molecular weight is 829 g/mol. The molecule has 0 fully saturated rings. The first-order chi connectivity index (χ1) is 32.2. The van der Waals surface area contributed by atoms with E-state index in [-0.39, 0.29) is 0 Å². The fourth-order valence-electron chi connectivity index (χ4n) is 9.34. The molecule has 0 radical (unpaired) electrons. The van der Waals surface area contributed by atoms with Crippen molar-refractivity contribution in [1.29, 1.82) is 0 Å². The van der Waals surface area contributed by atoms with E-state index in [4.69, 9.17) is 14.7 Å². The molecule has 10 aromatic carbocycles. The molecule has 0 N–H and O–H groups in total. The Morgan fingerprint density at radius 2 is 0.723 bits per heavy atom. The largest absolute Gasteiger partial charge is 0.455 e. The lowest BCUT2D eigenvalue weighted by Crippen LogP contribution is -2.00. The van der Waals surface area contributed by atoms with E-state index < -0.39 is 0 Å². The molecule has 3 nitrogen and oxygen atoms in total. The number of rotatable bonds is 8. The predicted octanol–water partition coefficient (Wildman–Crippen LogP) is 16.7. The van der Waals surface area contributed by atoms with E-state index in [2.05, 4.69) is 218 Å². The van der Waals surface area contributed by atoms with Gasteiger partial charge < -0.3 is 4.74 Å². The molecular formula is C62H40N2O. The molecule has 65 heavy (non-hydrogen) atoms. The van der Waals surface area contributed by atoms with Crippen molar-refractivity contribution in [2.24, 2.45) is 0 Å². The van der Waals surface area contributed by atoms with Gasteiger partial charge in [-0.3, -0.25) is 0 Å². The molecule has 0 aliphatic carbocycles. The quantitative estimate of drug-likeness (QED) is 0.153. The number of hydrogen-bond donors (Lipinski definition) is 0. The average Bonchev–Trinajstić information content (AvgIpc) is 3.39. The maximum atomic E-state index is 6.98. The van der Waals surface area contributed by atoms with Crippen LogP contribution in [0.25, 0.3) is 111 Å². The van der Waals surface area contributed by atoms with Gasteiger partial charge in [0.05, 0.1) is 11.4 Å². The summed E-state index contributed by atoms with van der Waals surface area (Å²) in [4.78, 5) is 10.3. The van der Waals surface area contributed by atoms with Gasteiger partial charge in [0.15, 0.2) is 5.82 Å². The minimum absolute atomic E-state index is 0.688. The number of ether oxygens (including phenoxy) is 1. The van der Waals surface area contributed by atoms with Crippen LogP contribution in [0.2, 0.25) is 0 Å². The molecular weight excluding hydrogens is 789 g/mol. The molecule has 0 spiro atoms. The van der Waals surface area contributed by atoms with Gasteiger partial charge >= 0.3 is 0 Å². The number of aromatic nitrogens is 2. The maximum absolute atomic E-state index is 6.98. The van der Waals surface area contributed by atoms with Crippen LogP contribution in [-0.4, -0.2) is 9.97 Å². The second-order valence-electron chi connectivity index (χ2n) is 16.5. The lowest BCUT2D eigenvalue weighted by molar-refractivity contribution is 0.489. The fourth-order valence-corrected chi connectivity index (χ4v) is 9.34. The second-order valence-corrected chi connectivity index (χ2v) is 16.5. The van der Waals surface area contributed by atoms with E-state index in [0.717, 1.165) is 95.0 Å². The van der Waals surface area contributed by atoms with Crippen molar-refractivity contribution >= 4 is 10.8 Å². The van der Waals surface area contributed by atoms with Gasteiger partial charge in [0, 0.05) is 33.2 Å². The highest BCUT2D eigenvalue weighted by molar-refractivity contribution is 6.07. The normalized spacial score (nSPS) is 11.5. The van der Waals surface area contributed by atoms with Crippen molar-refractivity contribution in [2.75, 3.05) is 0 Å². The number of para-hydroxylation sites is 1. The summed E-state index contributed by atoms with van der Waals surface area (Å²) in [7, 11) is 0. The van der Waals surface area contributed by atoms with Crippen molar-refractivity contribution in [1.82, 2.24) is 9.97 Å². The van der Waals surface area contributed by atoms with Crippen LogP contribution in [-0.2, 0) is 0 Å². The Labute approximate surface area is 378 Å². The lowest BCUT2D eigenvalue weighted by Gasteiger charge is -2.25. The molecule has 0 unspecified atom stereocenters. The van der Waals surface area contributed by atoms with Crippen LogP contribution in [0.3, 0.4) is 0 Å². The van der Waals surface area contributed by atoms with E-state index in [1.54, 1.807) is 0 Å². The first-order valence-electron chi connectivity index (χ1n) is 22.1. The molecule has 0 amide bonds. The topological polar surface area (TPSA) is 35.0 Å². The van der Waals surface area contributed by atoms with Gasteiger partial charge in [-0.05, 0) is 85.3 Å². The Balaban J connectivity index is 1.02. The summed E-state index contributed by atoms with van der Waals surface area (Å²) >= 11 is 0. The van der Waals surface area contributed by atoms with Crippen LogP contribution in [0.4, 0.5) is 0 Å². The first-order valence-corrected chi connectivity index (χ1v) is 22.1. The molecule has 0 saturated heterocycles. The van der Waals surface area contributed by atoms with Gasteiger partial charge in [-0.2, -0.15) is 0 Å². The van der Waals surface area contributed by atoms with E-state index >= 15 is 0 Å². The summed E-state index contributed by atoms with van der Waals surface area (Å²) < 4.78 is 6.98. The lowest BCUT2D eigenvalue weighted by atomic mass is 9.83. The van der Waals surface area contributed by atoms with Crippen molar-refractivity contribution in [3.8, 4) is 112 Å². The highest BCUT2D eigenvalue weighted by Crippen LogP contribution is 2.53. The SMILES string of the molecule is c1ccc(-c2ccc(-c3cc(-c4ccc(-c5cc(-c6ccccc6)cc(-c6cccc7c6Oc6cccc8cccc-7c68)c5-c5ccccc5)cc4)nc(-c4ccccc4)n3)cc2)cc1. The van der Waals surface area contributed by atoms with Crippen LogP contribution >= 0.6 is 0 Å². The van der Waals surface area contributed by atoms with E-state index in [1.165, 1.54) is 22.1 Å². The van der Waals surface area contributed by atoms with Gasteiger partial charge in [0.25, 0.3) is 0 Å². The van der Waals surface area contributed by atoms with Gasteiger partial charge in [0.2, 0.25) is 0 Å². The van der Waals surface area contributed by atoms with Crippen molar-refractivity contribution in [2.45, 2.75) is 0 Å². The first kappa shape index (κ1) is 38.0. The van der Waals surface area contributed by atoms with Crippen molar-refractivity contribution in [3.63, 3.8) is 0 Å². The third-order valence-electron chi connectivity index (χ3n) is 12.5. The zero-order chi connectivity index (χ0) is 43.1. The molecule has 1 aromatic heterocycles. The summed E-state index contributed by atoms with van der Waals surface area (Å²) in [6.45, 7) is 0. The summed E-state index contributed by atoms with van der Waals surface area (Å²) in [6.07, 6.45) is 0.